The van der Waals surface area contributed by atoms with Crippen molar-refractivity contribution < 1.29 is 23.1 Å². The summed E-state index contributed by atoms with van der Waals surface area (Å²) in [6.45, 7) is 11.4. The lowest BCUT2D eigenvalue weighted by Crippen LogP contribution is -2.56. The standard InChI is InChI=1S/C33H48F2N6O3/c1-21(2)29-38-37-22(3)41(29)26-18-24-12-13-25(19-26)40(24)17-15-28(23-10-8-7-9-11-23)36-30(42)27-14-16-39(20-33(27,34)35)31(43)44-32(4,5)6/h7-11,21,24-28H,12-20H2,1-6H3,(H,36,42). The smallest absolute Gasteiger partial charge is 0.410 e. The quantitative estimate of drug-likeness (QED) is 0.391. The Morgan fingerprint density at radius 2 is 1.70 bits per heavy atom. The van der Waals surface area contributed by atoms with Crippen LogP contribution in [0.4, 0.5) is 13.6 Å². The van der Waals surface area contributed by atoms with Gasteiger partial charge in [0.15, 0.2) is 0 Å². The molecule has 4 heterocycles. The van der Waals surface area contributed by atoms with Crippen molar-refractivity contribution in [1.29, 1.82) is 0 Å². The zero-order valence-corrected chi connectivity index (χ0v) is 26.9. The highest BCUT2D eigenvalue weighted by atomic mass is 19.3. The van der Waals surface area contributed by atoms with Crippen molar-refractivity contribution >= 4 is 12.0 Å². The number of benzene rings is 1. The summed E-state index contributed by atoms with van der Waals surface area (Å²) in [6, 6.07) is 10.4. The molecule has 1 aromatic heterocycles. The van der Waals surface area contributed by atoms with Crippen molar-refractivity contribution in [3.05, 3.63) is 47.5 Å². The number of aromatic nitrogens is 3. The molecule has 3 aliphatic rings. The number of hydrogen-bond donors (Lipinski definition) is 1. The van der Waals surface area contributed by atoms with Gasteiger partial charge < -0.3 is 19.5 Å². The molecule has 0 radical (unpaired) electrons. The number of nitrogens with one attached hydrogen (secondary N) is 1. The minimum atomic E-state index is -3.36. The van der Waals surface area contributed by atoms with E-state index in [9.17, 15) is 9.59 Å². The van der Waals surface area contributed by atoms with E-state index in [0.717, 1.165) is 54.3 Å². The Morgan fingerprint density at radius 3 is 2.30 bits per heavy atom. The number of aryl methyl sites for hydroxylation is 1. The lowest BCUT2D eigenvalue weighted by Gasteiger charge is -2.41. The van der Waals surface area contributed by atoms with E-state index in [1.165, 1.54) is 0 Å². The molecule has 4 atom stereocenters. The van der Waals surface area contributed by atoms with Crippen molar-refractivity contribution in [2.24, 2.45) is 5.92 Å². The molecule has 1 aromatic carbocycles. The summed E-state index contributed by atoms with van der Waals surface area (Å²) < 4.78 is 38.3. The average molecular weight is 615 g/mol. The van der Waals surface area contributed by atoms with Crippen molar-refractivity contribution in [2.75, 3.05) is 19.6 Å². The lowest BCUT2D eigenvalue weighted by molar-refractivity contribution is -0.151. The van der Waals surface area contributed by atoms with Crippen molar-refractivity contribution in [3.63, 3.8) is 0 Å². The molecule has 2 aromatic rings. The zero-order valence-electron chi connectivity index (χ0n) is 26.9. The van der Waals surface area contributed by atoms with Crippen LogP contribution < -0.4 is 5.32 Å². The SMILES string of the molecule is Cc1nnc(C(C)C)n1C1CC2CCC(C1)N2CCC(NC(=O)C1CCN(C(=O)OC(C)(C)C)CC1(F)F)c1ccccc1. The average Bonchev–Trinajstić information content (AvgIpc) is 3.44. The number of carbonyl (C=O) groups excluding carboxylic acids is 2. The molecule has 3 saturated heterocycles. The first-order chi connectivity index (χ1) is 20.7. The van der Waals surface area contributed by atoms with E-state index < -0.39 is 42.0 Å². The summed E-state index contributed by atoms with van der Waals surface area (Å²) in [5, 5.41) is 11.8. The van der Waals surface area contributed by atoms with Crippen molar-refractivity contribution in [2.45, 2.75) is 122 Å². The second kappa shape index (κ2) is 12.7. The van der Waals surface area contributed by atoms with Crippen molar-refractivity contribution in [1.82, 2.24) is 29.9 Å². The monoisotopic (exact) mass is 614 g/mol. The molecule has 0 saturated carbocycles. The van der Waals surface area contributed by atoms with Crippen LogP contribution in [0.5, 0.6) is 0 Å². The number of ether oxygens (including phenoxy) is 1. The summed E-state index contributed by atoms with van der Waals surface area (Å²) >= 11 is 0. The van der Waals surface area contributed by atoms with Gasteiger partial charge in [0.1, 0.15) is 23.2 Å². The highest BCUT2D eigenvalue weighted by Gasteiger charge is 2.50. The Bertz CT molecular complexity index is 1300. The fourth-order valence-corrected chi connectivity index (χ4v) is 7.36. The number of piperidine rings is 2. The molecule has 4 unspecified atom stereocenters. The van der Waals surface area contributed by atoms with Crippen LogP contribution >= 0.6 is 0 Å². The van der Waals surface area contributed by atoms with Crippen LogP contribution in [0, 0.1) is 12.8 Å². The van der Waals surface area contributed by atoms with Gasteiger partial charge in [-0.1, -0.05) is 44.2 Å². The molecular weight excluding hydrogens is 566 g/mol. The lowest BCUT2D eigenvalue weighted by atomic mass is 9.91. The molecule has 0 aliphatic carbocycles. The molecule has 2 bridgehead atoms. The van der Waals surface area contributed by atoms with Gasteiger partial charge in [-0.15, -0.1) is 10.2 Å². The molecule has 242 valence electrons. The van der Waals surface area contributed by atoms with Crippen LogP contribution in [-0.4, -0.2) is 79.8 Å². The van der Waals surface area contributed by atoms with Crippen LogP contribution in [0.1, 0.15) is 108 Å². The number of alkyl halides is 2. The third kappa shape index (κ3) is 7.08. The number of carbonyl (C=O) groups is 2. The molecule has 1 N–H and O–H groups in total. The summed E-state index contributed by atoms with van der Waals surface area (Å²) in [5.74, 6) is -3.23. The molecule has 5 rings (SSSR count). The van der Waals surface area contributed by atoms with Gasteiger partial charge >= 0.3 is 6.09 Å². The Hall–Kier alpha value is -3.08. The van der Waals surface area contributed by atoms with Crippen LogP contribution in [0.15, 0.2) is 30.3 Å². The van der Waals surface area contributed by atoms with E-state index in [4.69, 9.17) is 4.74 Å². The highest BCUT2D eigenvalue weighted by Crippen LogP contribution is 2.42. The topological polar surface area (TPSA) is 92.6 Å². The molecule has 3 fully saturated rings. The number of likely N-dealkylation sites (tertiary alicyclic amines) is 1. The Morgan fingerprint density at radius 1 is 1.05 bits per heavy atom. The van der Waals surface area contributed by atoms with E-state index in [0.29, 0.717) is 30.5 Å². The van der Waals surface area contributed by atoms with Gasteiger partial charge in [0.05, 0.1) is 12.6 Å². The maximum atomic E-state index is 15.3. The second-order valence-corrected chi connectivity index (χ2v) is 14.1. The second-order valence-electron chi connectivity index (χ2n) is 14.1. The first kappa shape index (κ1) is 32.3. The normalized spacial score (nSPS) is 26.1. The van der Waals surface area contributed by atoms with Crippen LogP contribution in [0.3, 0.4) is 0 Å². The maximum Gasteiger partial charge on any atom is 0.410 e. The molecule has 11 heteroatoms. The van der Waals surface area contributed by atoms with Gasteiger partial charge in [-0.05, 0) is 71.8 Å². The molecular formula is C33H48F2N6O3. The minimum Gasteiger partial charge on any atom is -0.444 e. The number of amides is 2. The molecule has 0 spiro atoms. The fraction of sp³-hybridized carbons (Fsp3) is 0.697. The predicted molar refractivity (Wildman–Crippen MR) is 163 cm³/mol. The Balaban J connectivity index is 1.24. The number of nitrogens with zero attached hydrogens (tertiary/aromatic N) is 5. The molecule has 3 aliphatic heterocycles. The van der Waals surface area contributed by atoms with Gasteiger partial charge in [0, 0.05) is 37.1 Å². The summed E-state index contributed by atoms with van der Waals surface area (Å²) in [4.78, 5) is 29.5. The van der Waals surface area contributed by atoms with E-state index in [1.807, 2.05) is 37.3 Å². The maximum absolute atomic E-state index is 15.3. The van der Waals surface area contributed by atoms with Crippen LogP contribution in [0.2, 0.25) is 0 Å². The van der Waals surface area contributed by atoms with Crippen molar-refractivity contribution in [3.8, 4) is 0 Å². The Kier molecular flexibility index (Phi) is 9.35. The minimum absolute atomic E-state index is 0.0430. The van der Waals surface area contributed by atoms with Gasteiger partial charge in [0.2, 0.25) is 5.91 Å². The fourth-order valence-electron chi connectivity index (χ4n) is 7.36. The Labute approximate surface area is 259 Å². The van der Waals surface area contributed by atoms with E-state index in [-0.39, 0.29) is 13.0 Å². The van der Waals surface area contributed by atoms with Gasteiger partial charge in [0.25, 0.3) is 5.92 Å². The highest BCUT2D eigenvalue weighted by molar-refractivity contribution is 5.81. The number of halogens is 2. The summed E-state index contributed by atoms with van der Waals surface area (Å²) in [6.07, 6.45) is 4.03. The first-order valence-electron chi connectivity index (χ1n) is 16.1. The van der Waals surface area contributed by atoms with Gasteiger partial charge in [-0.2, -0.15) is 0 Å². The molecule has 44 heavy (non-hydrogen) atoms. The number of rotatable bonds is 8. The largest absolute Gasteiger partial charge is 0.444 e. The summed E-state index contributed by atoms with van der Waals surface area (Å²) in [7, 11) is 0. The molecule has 9 nitrogen and oxygen atoms in total. The summed E-state index contributed by atoms with van der Waals surface area (Å²) in [5.41, 5.74) is 0.115. The predicted octanol–water partition coefficient (Wildman–Crippen LogP) is 6.02. The third-order valence-corrected chi connectivity index (χ3v) is 9.40. The van der Waals surface area contributed by atoms with E-state index >= 15 is 8.78 Å². The van der Waals surface area contributed by atoms with E-state index in [2.05, 4.69) is 38.8 Å². The number of fused-ring (bicyclic) bond motifs is 2. The van der Waals surface area contributed by atoms with Crippen LogP contribution in [0.25, 0.3) is 0 Å². The first-order valence-corrected chi connectivity index (χ1v) is 16.1. The zero-order chi connectivity index (χ0) is 31.8. The number of hydrogen-bond acceptors (Lipinski definition) is 6. The van der Waals surface area contributed by atoms with Gasteiger partial charge in [-0.25, -0.2) is 13.6 Å². The van der Waals surface area contributed by atoms with E-state index in [1.54, 1.807) is 20.8 Å². The molecule has 2 amide bonds. The van der Waals surface area contributed by atoms with Crippen LogP contribution in [-0.2, 0) is 9.53 Å². The van der Waals surface area contributed by atoms with Gasteiger partial charge in [-0.3, -0.25) is 9.69 Å². The third-order valence-electron chi connectivity index (χ3n) is 9.40.